The highest BCUT2D eigenvalue weighted by Crippen LogP contribution is 2.33. The van der Waals surface area contributed by atoms with E-state index in [0.29, 0.717) is 47.0 Å². The van der Waals surface area contributed by atoms with Crippen molar-refractivity contribution in [1.29, 1.82) is 0 Å². The predicted octanol–water partition coefficient (Wildman–Crippen LogP) is 6.42. The molecule has 11 heteroatoms. The van der Waals surface area contributed by atoms with Crippen LogP contribution in [0.3, 0.4) is 0 Å². The Kier molecular flexibility index (Phi) is 6.28. The number of aryl methyl sites for hydroxylation is 1. The fraction of sp³-hybridized carbons (Fsp3) is 0.233. The Hall–Kier alpha value is -4.22. The van der Waals surface area contributed by atoms with Gasteiger partial charge in [0, 0.05) is 37.5 Å². The number of H-pyrrole nitrogens is 1. The lowest BCUT2D eigenvalue weighted by molar-refractivity contribution is 0.0115. The Labute approximate surface area is 237 Å². The number of fused-ring (bicyclic) bond motifs is 2. The Bertz CT molecular complexity index is 1840. The van der Waals surface area contributed by atoms with Crippen LogP contribution in [0.5, 0.6) is 0 Å². The molecule has 1 saturated heterocycles. The fourth-order valence-electron chi connectivity index (χ4n) is 5.51. The molecule has 206 valence electrons. The van der Waals surface area contributed by atoms with Crippen LogP contribution < -0.4 is 0 Å². The molecule has 2 aliphatic heterocycles. The summed E-state index contributed by atoms with van der Waals surface area (Å²) < 4.78 is 44.1. The number of imidazole rings is 1. The van der Waals surface area contributed by atoms with Gasteiger partial charge < -0.3 is 4.98 Å². The summed E-state index contributed by atoms with van der Waals surface area (Å²) in [6.45, 7) is 2.50. The first kappa shape index (κ1) is 25.7. The number of nitrogens with one attached hydrogen (secondary N) is 1. The number of nitrogens with zero attached hydrogens (tertiary/aromatic N) is 6. The van der Waals surface area contributed by atoms with Crippen LogP contribution in [0.1, 0.15) is 34.6 Å². The van der Waals surface area contributed by atoms with Crippen molar-refractivity contribution in [3.05, 3.63) is 88.2 Å². The number of aromatic nitrogens is 4. The molecule has 41 heavy (non-hydrogen) atoms. The van der Waals surface area contributed by atoms with Crippen LogP contribution in [0.4, 0.5) is 13.2 Å². The van der Waals surface area contributed by atoms with Crippen molar-refractivity contribution in [3.8, 4) is 21.7 Å². The van der Waals surface area contributed by atoms with Gasteiger partial charge in [-0.1, -0.05) is 23.8 Å². The molecule has 0 atom stereocenters. The van der Waals surface area contributed by atoms with E-state index >= 15 is 4.39 Å². The van der Waals surface area contributed by atoms with Crippen molar-refractivity contribution in [1.82, 2.24) is 24.8 Å². The molecule has 0 spiro atoms. The van der Waals surface area contributed by atoms with Gasteiger partial charge in [-0.2, -0.15) is 0 Å². The Balaban J connectivity index is 1.30. The summed E-state index contributed by atoms with van der Waals surface area (Å²) in [5.74, 6) is -2.77. The van der Waals surface area contributed by atoms with E-state index in [1.54, 1.807) is 22.4 Å². The molecule has 0 saturated carbocycles. The van der Waals surface area contributed by atoms with Crippen molar-refractivity contribution < 1.29 is 13.2 Å². The minimum absolute atomic E-state index is 0.147. The second kappa shape index (κ2) is 10.0. The molecule has 5 aromatic rings. The first-order valence-electron chi connectivity index (χ1n) is 13.2. The zero-order valence-electron chi connectivity index (χ0n) is 22.0. The lowest BCUT2D eigenvalue weighted by atomic mass is 9.96. The minimum Gasteiger partial charge on any atom is -0.337 e. The summed E-state index contributed by atoms with van der Waals surface area (Å²) in [4.78, 5) is 28.7. The number of alkyl halides is 2. The summed E-state index contributed by atoms with van der Waals surface area (Å²) in [6, 6.07) is 11.4. The molecule has 7 rings (SSSR count). The molecule has 6 heterocycles. The van der Waals surface area contributed by atoms with Crippen molar-refractivity contribution >= 4 is 34.4 Å². The van der Waals surface area contributed by atoms with Crippen LogP contribution >= 0.6 is 11.3 Å². The lowest BCUT2D eigenvalue weighted by Crippen LogP contribution is -2.24. The van der Waals surface area contributed by atoms with Crippen molar-refractivity contribution in [2.45, 2.75) is 32.4 Å². The monoisotopic (exact) mass is 571 g/mol. The molecule has 0 unspecified atom stereocenters. The summed E-state index contributed by atoms with van der Waals surface area (Å²) in [7, 11) is 0. The molecular weight excluding hydrogens is 547 g/mol. The van der Waals surface area contributed by atoms with Crippen LogP contribution in [0, 0.1) is 12.7 Å². The van der Waals surface area contributed by atoms with Crippen LogP contribution in [-0.4, -0.2) is 55.9 Å². The first-order valence-corrected chi connectivity index (χ1v) is 14.1. The number of aliphatic imine (C=N–C) groups is 2. The van der Waals surface area contributed by atoms with Gasteiger partial charge in [0.15, 0.2) is 5.82 Å². The van der Waals surface area contributed by atoms with Gasteiger partial charge in [0.05, 0.1) is 34.7 Å². The van der Waals surface area contributed by atoms with Crippen LogP contribution in [0.2, 0.25) is 0 Å². The maximum absolute atomic E-state index is 16.5. The molecule has 0 amide bonds. The van der Waals surface area contributed by atoms with E-state index in [-0.39, 0.29) is 25.1 Å². The predicted molar refractivity (Wildman–Crippen MR) is 154 cm³/mol. The zero-order chi connectivity index (χ0) is 28.1. The van der Waals surface area contributed by atoms with Crippen LogP contribution in [0.15, 0.2) is 64.2 Å². The maximum Gasteiger partial charge on any atom is 0.261 e. The molecule has 1 fully saturated rings. The SMILES string of the molecule is Cc1cc(CN2CCC(F)(F)C2)cc(-c2cnc3c(c2F)C(c2nc4c(-c5cccs5)nccc4[nH]2)=NC=NC3)c1. The summed E-state index contributed by atoms with van der Waals surface area (Å²) >= 11 is 1.56. The third kappa shape index (κ3) is 4.85. The Morgan fingerprint density at radius 3 is 2.85 bits per heavy atom. The van der Waals surface area contributed by atoms with Gasteiger partial charge in [0.2, 0.25) is 0 Å². The van der Waals surface area contributed by atoms with E-state index in [0.717, 1.165) is 27.2 Å². The average Bonchev–Trinajstić information content (AvgIpc) is 3.66. The first-order chi connectivity index (χ1) is 19.8. The second-order valence-corrected chi connectivity index (χ2v) is 11.3. The van der Waals surface area contributed by atoms with Crippen LogP contribution in [-0.2, 0) is 13.1 Å². The van der Waals surface area contributed by atoms with Crippen molar-refractivity contribution in [3.63, 3.8) is 0 Å². The molecule has 4 aromatic heterocycles. The largest absolute Gasteiger partial charge is 0.337 e. The summed E-state index contributed by atoms with van der Waals surface area (Å²) in [5.41, 5.74) is 5.79. The van der Waals surface area contributed by atoms with Gasteiger partial charge in [-0.3, -0.25) is 19.9 Å². The van der Waals surface area contributed by atoms with E-state index in [9.17, 15) is 8.78 Å². The number of pyridine rings is 2. The molecule has 7 nitrogen and oxygen atoms in total. The van der Waals surface area contributed by atoms with Gasteiger partial charge in [0.25, 0.3) is 5.92 Å². The Morgan fingerprint density at radius 1 is 1.15 bits per heavy atom. The quantitative estimate of drug-likeness (QED) is 0.264. The highest BCUT2D eigenvalue weighted by molar-refractivity contribution is 7.13. The number of hydrogen-bond acceptors (Lipinski definition) is 7. The van der Waals surface area contributed by atoms with E-state index in [4.69, 9.17) is 4.98 Å². The third-order valence-electron chi connectivity index (χ3n) is 7.32. The Morgan fingerprint density at radius 2 is 2.05 bits per heavy atom. The van der Waals surface area contributed by atoms with Gasteiger partial charge in [0.1, 0.15) is 29.1 Å². The van der Waals surface area contributed by atoms with Crippen LogP contribution in [0.25, 0.3) is 32.7 Å². The topological polar surface area (TPSA) is 82.4 Å². The second-order valence-electron chi connectivity index (χ2n) is 10.4. The van der Waals surface area contributed by atoms with Gasteiger partial charge in [-0.05, 0) is 41.6 Å². The maximum atomic E-state index is 16.5. The summed E-state index contributed by atoms with van der Waals surface area (Å²) in [5, 5.41) is 1.98. The average molecular weight is 572 g/mol. The van der Waals surface area contributed by atoms with E-state index in [1.165, 1.54) is 12.5 Å². The zero-order valence-corrected chi connectivity index (χ0v) is 22.9. The van der Waals surface area contributed by atoms with Crippen molar-refractivity contribution in [2.24, 2.45) is 9.98 Å². The number of benzene rings is 1. The fourth-order valence-corrected chi connectivity index (χ4v) is 6.23. The molecule has 1 aromatic carbocycles. The number of aromatic amines is 1. The van der Waals surface area contributed by atoms with Crippen molar-refractivity contribution in [2.75, 3.05) is 13.1 Å². The van der Waals surface area contributed by atoms with Gasteiger partial charge >= 0.3 is 0 Å². The molecule has 0 radical (unpaired) electrons. The molecule has 0 bridgehead atoms. The van der Waals surface area contributed by atoms with E-state index < -0.39 is 11.7 Å². The third-order valence-corrected chi connectivity index (χ3v) is 8.20. The minimum atomic E-state index is -2.67. The normalized spacial score (nSPS) is 16.6. The smallest absolute Gasteiger partial charge is 0.261 e. The highest BCUT2D eigenvalue weighted by Gasteiger charge is 2.38. The molecule has 0 aliphatic carbocycles. The number of thiophene rings is 1. The molecule has 2 aliphatic rings. The number of hydrogen-bond donors (Lipinski definition) is 1. The number of rotatable bonds is 5. The summed E-state index contributed by atoms with van der Waals surface area (Å²) in [6.07, 6.45) is 4.47. The molecular formula is C30H24F3N7S. The van der Waals surface area contributed by atoms with E-state index in [2.05, 4.69) is 24.9 Å². The number of likely N-dealkylation sites (tertiary alicyclic amines) is 1. The lowest BCUT2D eigenvalue weighted by Gasteiger charge is -2.17. The standard InChI is InChI=1S/C30H24F3N7S/c1-17-9-18(14-40-7-5-30(32,33)15-40)11-19(10-17)20-12-36-22-13-34-16-37-28(24(22)25(20)31)29-38-21-4-6-35-27(26(21)39-29)23-3-2-8-41-23/h2-4,6,8-12,16H,5,7,13-15H2,1H3,(H,38,39). The highest BCUT2D eigenvalue weighted by atomic mass is 32.1. The molecule has 1 N–H and O–H groups in total. The number of halogens is 3. The van der Waals surface area contributed by atoms with Gasteiger partial charge in [-0.25, -0.2) is 23.1 Å². The van der Waals surface area contributed by atoms with Gasteiger partial charge in [-0.15, -0.1) is 11.3 Å². The van der Waals surface area contributed by atoms with E-state index in [1.807, 2.05) is 48.7 Å².